The molecule has 3 N–H and O–H groups in total. The third-order valence-electron chi connectivity index (χ3n) is 1.89. The van der Waals surface area contributed by atoms with Crippen molar-refractivity contribution in [2.75, 3.05) is 6.54 Å². The summed E-state index contributed by atoms with van der Waals surface area (Å²) in [5, 5.41) is 9.43. The third-order valence-corrected chi connectivity index (χ3v) is 1.89. The van der Waals surface area contributed by atoms with Crippen LogP contribution in [0.4, 0.5) is 0 Å². The van der Waals surface area contributed by atoms with Gasteiger partial charge in [-0.15, -0.1) is 0 Å². The minimum atomic E-state index is -0.124. The van der Waals surface area contributed by atoms with E-state index in [2.05, 4.69) is 0 Å². The van der Waals surface area contributed by atoms with E-state index in [1.165, 1.54) is 13.0 Å². The normalized spacial score (nSPS) is 10.0. The molecule has 0 amide bonds. The Kier molecular flexibility index (Phi) is 3.03. The fraction of sp³-hybridized carbons (Fsp3) is 0.300. The Balaban J connectivity index is 3.17. The van der Waals surface area contributed by atoms with Crippen LogP contribution in [0.25, 0.3) is 0 Å². The summed E-state index contributed by atoms with van der Waals surface area (Å²) in [6, 6.07) is 5.03. The van der Waals surface area contributed by atoms with Gasteiger partial charge in [0.15, 0.2) is 5.78 Å². The lowest BCUT2D eigenvalue weighted by Gasteiger charge is -2.06. The second-order valence-electron chi connectivity index (χ2n) is 2.91. The molecule has 0 atom stereocenters. The number of benzene rings is 1. The van der Waals surface area contributed by atoms with Crippen molar-refractivity contribution in [2.24, 2.45) is 5.73 Å². The van der Waals surface area contributed by atoms with E-state index in [1.807, 2.05) is 6.07 Å². The van der Waals surface area contributed by atoms with E-state index in [0.29, 0.717) is 18.5 Å². The van der Waals surface area contributed by atoms with Crippen molar-refractivity contribution in [1.82, 2.24) is 0 Å². The quantitative estimate of drug-likeness (QED) is 0.683. The van der Waals surface area contributed by atoms with Gasteiger partial charge in [-0.05, 0) is 31.5 Å². The molecule has 0 fully saturated rings. The first-order valence-corrected chi connectivity index (χ1v) is 4.18. The van der Waals surface area contributed by atoms with Gasteiger partial charge in [0, 0.05) is 0 Å². The Hall–Kier alpha value is -1.35. The molecule has 0 unspecified atom stereocenters. The van der Waals surface area contributed by atoms with Crippen molar-refractivity contribution in [3.63, 3.8) is 0 Å². The average molecular weight is 179 g/mol. The molecular formula is C10H13NO2. The van der Waals surface area contributed by atoms with Crippen molar-refractivity contribution in [1.29, 1.82) is 0 Å². The molecule has 70 valence electrons. The molecule has 1 rings (SSSR count). The molecule has 1 aromatic rings. The maximum absolute atomic E-state index is 11.2. The Morgan fingerprint density at radius 2 is 2.23 bits per heavy atom. The van der Waals surface area contributed by atoms with Crippen molar-refractivity contribution in [3.8, 4) is 5.75 Å². The van der Waals surface area contributed by atoms with Crippen LogP contribution >= 0.6 is 0 Å². The zero-order chi connectivity index (χ0) is 9.84. The molecule has 0 aliphatic carbocycles. The van der Waals surface area contributed by atoms with E-state index in [9.17, 15) is 9.90 Å². The number of hydrogen-bond donors (Lipinski definition) is 2. The van der Waals surface area contributed by atoms with Gasteiger partial charge in [-0.1, -0.05) is 12.1 Å². The Morgan fingerprint density at radius 3 is 2.77 bits per heavy atom. The number of phenols is 1. The van der Waals surface area contributed by atoms with Crippen molar-refractivity contribution in [2.45, 2.75) is 13.3 Å². The van der Waals surface area contributed by atoms with Crippen LogP contribution in [-0.4, -0.2) is 17.4 Å². The van der Waals surface area contributed by atoms with Crippen LogP contribution in [0, 0.1) is 0 Å². The van der Waals surface area contributed by atoms with Gasteiger partial charge in [0.05, 0.1) is 5.56 Å². The fourth-order valence-electron chi connectivity index (χ4n) is 1.36. The smallest absolute Gasteiger partial charge is 0.163 e. The molecule has 0 aliphatic heterocycles. The van der Waals surface area contributed by atoms with Crippen molar-refractivity contribution >= 4 is 5.78 Å². The summed E-state index contributed by atoms with van der Waals surface area (Å²) in [4.78, 5) is 11.2. The topological polar surface area (TPSA) is 63.3 Å². The predicted octanol–water partition coefficient (Wildman–Crippen LogP) is 1.10. The molecule has 0 bridgehead atoms. The van der Waals surface area contributed by atoms with E-state index in [-0.39, 0.29) is 11.5 Å². The third kappa shape index (κ3) is 2.06. The Morgan fingerprint density at radius 1 is 1.54 bits per heavy atom. The second-order valence-corrected chi connectivity index (χ2v) is 2.91. The van der Waals surface area contributed by atoms with Crippen LogP contribution < -0.4 is 5.73 Å². The summed E-state index contributed by atoms with van der Waals surface area (Å²) >= 11 is 0. The molecule has 0 aliphatic rings. The lowest BCUT2D eigenvalue weighted by Crippen LogP contribution is -2.07. The number of aromatic hydroxyl groups is 1. The highest BCUT2D eigenvalue weighted by Gasteiger charge is 2.10. The molecule has 13 heavy (non-hydrogen) atoms. The molecule has 0 heterocycles. The number of nitrogens with two attached hydrogens (primary N) is 1. The Bertz CT molecular complexity index is 321. The van der Waals surface area contributed by atoms with Crippen LogP contribution in [0.5, 0.6) is 5.75 Å². The van der Waals surface area contributed by atoms with Gasteiger partial charge >= 0.3 is 0 Å². The van der Waals surface area contributed by atoms with E-state index in [4.69, 9.17) is 5.73 Å². The van der Waals surface area contributed by atoms with Gasteiger partial charge in [-0.25, -0.2) is 0 Å². The number of Topliss-reactive ketones (excluding diaryl/α,β-unsaturated/α-hetero) is 1. The molecule has 0 aromatic heterocycles. The maximum atomic E-state index is 11.2. The largest absolute Gasteiger partial charge is 0.507 e. The van der Waals surface area contributed by atoms with Crippen LogP contribution in [0.15, 0.2) is 18.2 Å². The molecule has 0 saturated carbocycles. The van der Waals surface area contributed by atoms with E-state index < -0.39 is 0 Å². The summed E-state index contributed by atoms with van der Waals surface area (Å²) in [7, 11) is 0. The summed E-state index contributed by atoms with van der Waals surface area (Å²) in [6.45, 7) is 1.92. The molecule has 0 radical (unpaired) electrons. The first kappa shape index (κ1) is 9.74. The number of phenolic OH excluding ortho intramolecular Hbond substituents is 1. The van der Waals surface area contributed by atoms with Crippen LogP contribution in [-0.2, 0) is 6.42 Å². The average Bonchev–Trinajstić information content (AvgIpc) is 2.04. The monoisotopic (exact) mass is 179 g/mol. The number of rotatable bonds is 3. The van der Waals surface area contributed by atoms with Gasteiger partial charge in [-0.2, -0.15) is 0 Å². The lowest BCUT2D eigenvalue weighted by atomic mass is 10.0. The van der Waals surface area contributed by atoms with Gasteiger partial charge in [0.25, 0.3) is 0 Å². The van der Waals surface area contributed by atoms with E-state index >= 15 is 0 Å². The molecule has 1 aromatic carbocycles. The SMILES string of the molecule is CC(=O)c1c(O)cccc1CCN. The zero-order valence-electron chi connectivity index (χ0n) is 7.58. The molecule has 0 spiro atoms. The van der Waals surface area contributed by atoms with E-state index in [0.717, 1.165) is 5.56 Å². The number of carbonyl (C=O) groups excluding carboxylic acids is 1. The summed E-state index contributed by atoms with van der Waals surface area (Å²) in [5.41, 5.74) is 6.60. The first-order valence-electron chi connectivity index (χ1n) is 4.18. The van der Waals surface area contributed by atoms with Crippen molar-refractivity contribution in [3.05, 3.63) is 29.3 Å². The highest BCUT2D eigenvalue weighted by atomic mass is 16.3. The second kappa shape index (κ2) is 4.05. The van der Waals surface area contributed by atoms with Crippen LogP contribution in [0.1, 0.15) is 22.8 Å². The Labute approximate surface area is 77.2 Å². The fourth-order valence-corrected chi connectivity index (χ4v) is 1.36. The van der Waals surface area contributed by atoms with Crippen LogP contribution in [0.2, 0.25) is 0 Å². The highest BCUT2D eigenvalue weighted by molar-refractivity contribution is 5.98. The van der Waals surface area contributed by atoms with Gasteiger partial charge in [0.1, 0.15) is 5.75 Å². The highest BCUT2D eigenvalue weighted by Crippen LogP contribution is 2.21. The number of carbonyl (C=O) groups is 1. The van der Waals surface area contributed by atoms with Gasteiger partial charge < -0.3 is 10.8 Å². The number of hydrogen-bond acceptors (Lipinski definition) is 3. The molecule has 3 heteroatoms. The van der Waals surface area contributed by atoms with Gasteiger partial charge in [0.2, 0.25) is 0 Å². The van der Waals surface area contributed by atoms with Crippen LogP contribution in [0.3, 0.4) is 0 Å². The van der Waals surface area contributed by atoms with Gasteiger partial charge in [-0.3, -0.25) is 4.79 Å². The lowest BCUT2D eigenvalue weighted by molar-refractivity contribution is 0.101. The first-order chi connectivity index (χ1) is 6.16. The summed E-state index contributed by atoms with van der Waals surface area (Å²) in [5.74, 6) is -0.0833. The molecule has 0 saturated heterocycles. The zero-order valence-corrected chi connectivity index (χ0v) is 7.58. The predicted molar refractivity (Wildman–Crippen MR) is 50.9 cm³/mol. The summed E-state index contributed by atoms with van der Waals surface area (Å²) in [6.07, 6.45) is 0.614. The summed E-state index contributed by atoms with van der Waals surface area (Å²) < 4.78 is 0. The standard InChI is InChI=1S/C10H13NO2/c1-7(12)10-8(5-6-11)3-2-4-9(10)13/h2-4,13H,5-6,11H2,1H3. The van der Waals surface area contributed by atoms with E-state index in [1.54, 1.807) is 6.07 Å². The molecular weight excluding hydrogens is 166 g/mol. The minimum Gasteiger partial charge on any atom is -0.507 e. The number of ketones is 1. The molecule has 3 nitrogen and oxygen atoms in total. The maximum Gasteiger partial charge on any atom is 0.163 e. The van der Waals surface area contributed by atoms with Crippen molar-refractivity contribution < 1.29 is 9.90 Å². The minimum absolute atomic E-state index is 0.0402.